The summed E-state index contributed by atoms with van der Waals surface area (Å²) in [4.78, 5) is 19.8. The van der Waals surface area contributed by atoms with Crippen molar-refractivity contribution in [3.05, 3.63) is 84.3 Å². The Labute approximate surface area is 175 Å². The molecule has 1 unspecified atom stereocenters. The maximum Gasteiger partial charge on any atom is 0.220 e. The summed E-state index contributed by atoms with van der Waals surface area (Å²) in [6.07, 6.45) is 7.51. The van der Waals surface area contributed by atoms with Crippen LogP contribution in [-0.4, -0.2) is 28.5 Å². The van der Waals surface area contributed by atoms with E-state index in [-0.39, 0.29) is 12.0 Å². The third-order valence-electron chi connectivity index (χ3n) is 5.64. The molecule has 1 atom stereocenters. The van der Waals surface area contributed by atoms with E-state index < -0.39 is 0 Å². The number of pyridine rings is 1. The van der Waals surface area contributed by atoms with Crippen LogP contribution in [0.2, 0.25) is 0 Å². The summed E-state index contributed by atoms with van der Waals surface area (Å²) in [5.41, 5.74) is 5.62. The van der Waals surface area contributed by atoms with Gasteiger partial charge in [0.25, 0.3) is 0 Å². The molecule has 1 aliphatic heterocycles. The second-order valence-corrected chi connectivity index (χ2v) is 7.64. The fourth-order valence-corrected chi connectivity index (χ4v) is 4.11. The minimum atomic E-state index is -0.0416. The molecule has 30 heavy (non-hydrogen) atoms. The van der Waals surface area contributed by atoms with E-state index in [9.17, 15) is 4.79 Å². The molecule has 5 nitrogen and oxygen atoms in total. The van der Waals surface area contributed by atoms with E-state index in [4.69, 9.17) is 4.74 Å². The summed E-state index contributed by atoms with van der Waals surface area (Å²) in [6, 6.07) is 18.4. The Morgan fingerprint density at radius 3 is 2.87 bits per heavy atom. The fraction of sp³-hybridized carbons (Fsp3) is 0.200. The minimum absolute atomic E-state index is 0.0416. The maximum atomic E-state index is 12.4. The van der Waals surface area contributed by atoms with Gasteiger partial charge < -0.3 is 15.0 Å². The summed E-state index contributed by atoms with van der Waals surface area (Å²) < 4.78 is 6.21. The number of para-hydroxylation sites is 2. The van der Waals surface area contributed by atoms with E-state index >= 15 is 0 Å². The molecule has 0 fully saturated rings. The van der Waals surface area contributed by atoms with Crippen molar-refractivity contribution in [3.8, 4) is 16.9 Å². The summed E-state index contributed by atoms with van der Waals surface area (Å²) in [5, 5.41) is 4.23. The Morgan fingerprint density at radius 2 is 1.97 bits per heavy atom. The van der Waals surface area contributed by atoms with Gasteiger partial charge >= 0.3 is 0 Å². The van der Waals surface area contributed by atoms with E-state index in [0.717, 1.165) is 28.8 Å². The molecule has 1 amide bonds. The Hall–Kier alpha value is -3.60. The van der Waals surface area contributed by atoms with Crippen LogP contribution in [0.3, 0.4) is 0 Å². The first-order valence-corrected chi connectivity index (χ1v) is 10.3. The lowest BCUT2D eigenvalue weighted by Gasteiger charge is -2.13. The minimum Gasteiger partial charge on any atom is -0.487 e. The molecule has 2 aromatic carbocycles. The van der Waals surface area contributed by atoms with Gasteiger partial charge in [-0.2, -0.15) is 0 Å². The molecule has 2 N–H and O–H groups in total. The molecule has 150 valence electrons. The summed E-state index contributed by atoms with van der Waals surface area (Å²) in [6.45, 7) is 0.511. The number of amides is 1. The van der Waals surface area contributed by atoms with Crippen molar-refractivity contribution in [1.29, 1.82) is 0 Å². The Morgan fingerprint density at radius 1 is 1.10 bits per heavy atom. The lowest BCUT2D eigenvalue weighted by molar-refractivity contribution is -0.121. The number of aromatic nitrogens is 2. The van der Waals surface area contributed by atoms with Gasteiger partial charge in [0, 0.05) is 47.9 Å². The van der Waals surface area contributed by atoms with Gasteiger partial charge in [-0.1, -0.05) is 36.4 Å². The molecule has 5 rings (SSSR count). The van der Waals surface area contributed by atoms with Crippen molar-refractivity contribution in [2.45, 2.75) is 25.4 Å². The van der Waals surface area contributed by atoms with E-state index in [0.29, 0.717) is 19.4 Å². The second-order valence-electron chi connectivity index (χ2n) is 7.64. The number of aryl methyl sites for hydroxylation is 1. The molecule has 0 saturated carbocycles. The normalized spacial score (nSPS) is 15.0. The molecule has 0 radical (unpaired) electrons. The van der Waals surface area contributed by atoms with Crippen LogP contribution in [0.1, 0.15) is 17.5 Å². The summed E-state index contributed by atoms with van der Waals surface area (Å²) >= 11 is 0. The molecule has 1 aliphatic rings. The van der Waals surface area contributed by atoms with Gasteiger partial charge in [0.1, 0.15) is 11.9 Å². The number of hydrogen-bond acceptors (Lipinski definition) is 3. The smallest absolute Gasteiger partial charge is 0.220 e. The van der Waals surface area contributed by atoms with Gasteiger partial charge in [0.2, 0.25) is 5.91 Å². The summed E-state index contributed by atoms with van der Waals surface area (Å²) in [7, 11) is 0. The van der Waals surface area contributed by atoms with Gasteiger partial charge in [-0.05, 0) is 41.3 Å². The predicted molar refractivity (Wildman–Crippen MR) is 117 cm³/mol. The number of carbonyl (C=O) groups excluding carboxylic acids is 1. The van der Waals surface area contributed by atoms with Crippen LogP contribution in [-0.2, 0) is 17.6 Å². The van der Waals surface area contributed by atoms with Gasteiger partial charge in [-0.3, -0.25) is 9.78 Å². The van der Waals surface area contributed by atoms with Crippen molar-refractivity contribution in [3.63, 3.8) is 0 Å². The van der Waals surface area contributed by atoms with Gasteiger partial charge in [0.15, 0.2) is 0 Å². The number of H-pyrrole nitrogens is 1. The van der Waals surface area contributed by atoms with Gasteiger partial charge in [-0.15, -0.1) is 0 Å². The van der Waals surface area contributed by atoms with Crippen LogP contribution in [0.5, 0.6) is 5.75 Å². The highest BCUT2D eigenvalue weighted by Gasteiger charge is 2.26. The zero-order valence-electron chi connectivity index (χ0n) is 16.6. The number of carbonyl (C=O) groups is 1. The van der Waals surface area contributed by atoms with Crippen molar-refractivity contribution in [1.82, 2.24) is 15.3 Å². The molecule has 0 bridgehead atoms. The molecule has 5 heteroatoms. The summed E-state index contributed by atoms with van der Waals surface area (Å²) in [5.74, 6) is 0.968. The predicted octanol–water partition coefficient (Wildman–Crippen LogP) is 4.28. The number of hydrogen-bond donors (Lipinski definition) is 2. The fourth-order valence-electron chi connectivity index (χ4n) is 4.11. The van der Waals surface area contributed by atoms with Crippen molar-refractivity contribution < 1.29 is 9.53 Å². The lowest BCUT2D eigenvalue weighted by atomic mass is 10.0. The average Bonchev–Trinajstić information content (AvgIpc) is 3.40. The SMILES string of the molecule is O=C(CCc1c[nH]c2ccccc12)NCC1Cc2cccc(-c3ccncc3)c2O1. The van der Waals surface area contributed by atoms with Crippen LogP contribution in [0, 0.1) is 0 Å². The standard InChI is InChI=1S/C25H23N3O2/c29-24(9-8-19-15-27-23-7-2-1-5-21(19)23)28-16-20-14-18-4-3-6-22(25(18)30-20)17-10-12-26-13-11-17/h1-7,10-13,15,20,27H,8-9,14,16H2,(H,28,29). The van der Waals surface area contributed by atoms with Crippen LogP contribution < -0.4 is 10.1 Å². The lowest BCUT2D eigenvalue weighted by Crippen LogP contribution is -2.34. The largest absolute Gasteiger partial charge is 0.487 e. The molecule has 2 aromatic heterocycles. The highest BCUT2D eigenvalue weighted by Crippen LogP contribution is 2.38. The molecule has 3 heterocycles. The maximum absolute atomic E-state index is 12.4. The van der Waals surface area contributed by atoms with Crippen LogP contribution >= 0.6 is 0 Å². The van der Waals surface area contributed by atoms with E-state index in [1.54, 1.807) is 12.4 Å². The highest BCUT2D eigenvalue weighted by molar-refractivity contribution is 5.84. The monoisotopic (exact) mass is 397 g/mol. The van der Waals surface area contributed by atoms with Crippen LogP contribution in [0.15, 0.2) is 73.2 Å². The first-order valence-electron chi connectivity index (χ1n) is 10.3. The van der Waals surface area contributed by atoms with E-state index in [1.807, 2.05) is 36.5 Å². The van der Waals surface area contributed by atoms with E-state index in [2.05, 4.69) is 39.6 Å². The van der Waals surface area contributed by atoms with Crippen molar-refractivity contribution >= 4 is 16.8 Å². The second kappa shape index (κ2) is 8.03. The first kappa shape index (κ1) is 18.4. The Bertz CT molecular complexity index is 1180. The van der Waals surface area contributed by atoms with Gasteiger partial charge in [0.05, 0.1) is 6.54 Å². The number of fused-ring (bicyclic) bond motifs is 2. The highest BCUT2D eigenvalue weighted by atomic mass is 16.5. The first-order chi connectivity index (χ1) is 14.8. The molecule has 0 spiro atoms. The zero-order valence-corrected chi connectivity index (χ0v) is 16.6. The third kappa shape index (κ3) is 3.66. The molecular weight excluding hydrogens is 374 g/mol. The topological polar surface area (TPSA) is 67.0 Å². The number of nitrogens with one attached hydrogen (secondary N) is 2. The van der Waals surface area contributed by atoms with Crippen LogP contribution in [0.25, 0.3) is 22.0 Å². The molecular formula is C25H23N3O2. The van der Waals surface area contributed by atoms with Gasteiger partial charge in [-0.25, -0.2) is 0 Å². The number of aromatic amines is 1. The molecule has 0 saturated heterocycles. The third-order valence-corrected chi connectivity index (χ3v) is 5.64. The average molecular weight is 397 g/mol. The van der Waals surface area contributed by atoms with Crippen molar-refractivity contribution in [2.75, 3.05) is 6.54 Å². The quantitative estimate of drug-likeness (QED) is 0.510. The number of rotatable bonds is 6. The zero-order chi connectivity index (χ0) is 20.3. The van der Waals surface area contributed by atoms with E-state index in [1.165, 1.54) is 16.5 Å². The Balaban J connectivity index is 1.18. The molecule has 4 aromatic rings. The number of benzene rings is 2. The number of nitrogens with zero attached hydrogens (tertiary/aromatic N) is 1. The van der Waals surface area contributed by atoms with Crippen molar-refractivity contribution in [2.24, 2.45) is 0 Å². The van der Waals surface area contributed by atoms with Crippen LogP contribution in [0.4, 0.5) is 0 Å². The Kier molecular flexibility index (Phi) is 4.93. The number of ether oxygens (including phenoxy) is 1. The molecule has 0 aliphatic carbocycles.